The zero-order valence-electron chi connectivity index (χ0n) is 14.4. The van der Waals surface area contributed by atoms with Gasteiger partial charge in [0.15, 0.2) is 11.5 Å². The summed E-state index contributed by atoms with van der Waals surface area (Å²) in [5, 5.41) is 5.39. The van der Waals surface area contributed by atoms with E-state index >= 15 is 0 Å². The molecule has 1 heterocycles. The fourth-order valence-electron chi connectivity index (χ4n) is 2.67. The molecule has 0 aliphatic heterocycles. The molecule has 0 spiro atoms. The van der Waals surface area contributed by atoms with E-state index in [1.807, 2.05) is 42.5 Å². The summed E-state index contributed by atoms with van der Waals surface area (Å²) in [6.07, 6.45) is 1.78. The maximum Gasteiger partial charge on any atom is 0.161 e. The fourth-order valence-corrected chi connectivity index (χ4v) is 2.67. The third-order valence-corrected chi connectivity index (χ3v) is 3.91. The van der Waals surface area contributed by atoms with Crippen LogP contribution in [0.4, 0.5) is 5.82 Å². The molecule has 3 rings (SSSR count). The number of rotatable bonds is 6. The first kappa shape index (κ1) is 18.7. The fraction of sp³-hybridized carbons (Fsp3) is 0.211. The topological polar surface area (TPSA) is 52.6 Å². The van der Waals surface area contributed by atoms with Crippen molar-refractivity contribution >= 4 is 29.0 Å². The quantitative estimate of drug-likeness (QED) is 0.710. The highest BCUT2D eigenvalue weighted by Crippen LogP contribution is 2.34. The average Bonchev–Trinajstić information content (AvgIpc) is 2.65. The number of methoxy groups -OCH3 is 3. The zero-order chi connectivity index (χ0) is 16.9. The number of para-hydroxylation sites is 1. The number of fused-ring (bicyclic) bond motifs is 1. The molecule has 0 radical (unpaired) electrons. The average molecular weight is 361 g/mol. The zero-order valence-corrected chi connectivity index (χ0v) is 15.2. The van der Waals surface area contributed by atoms with Gasteiger partial charge in [-0.15, -0.1) is 12.4 Å². The highest BCUT2D eigenvalue weighted by molar-refractivity contribution is 5.94. The van der Waals surface area contributed by atoms with Crippen molar-refractivity contribution in [2.75, 3.05) is 26.6 Å². The monoisotopic (exact) mass is 360 g/mol. The smallest absolute Gasteiger partial charge is 0.161 e. The predicted molar refractivity (Wildman–Crippen MR) is 102 cm³/mol. The van der Waals surface area contributed by atoms with Gasteiger partial charge < -0.3 is 19.5 Å². The number of hydrogen-bond donors (Lipinski definition) is 1. The lowest BCUT2D eigenvalue weighted by molar-refractivity contribution is 0.356. The Balaban J connectivity index is 0.00000225. The van der Waals surface area contributed by atoms with Crippen LogP contribution in [-0.4, -0.2) is 26.3 Å². The van der Waals surface area contributed by atoms with Gasteiger partial charge in [0.2, 0.25) is 0 Å². The Kier molecular flexibility index (Phi) is 6.31. The summed E-state index contributed by atoms with van der Waals surface area (Å²) in [5.74, 6) is 3.02. The van der Waals surface area contributed by atoms with Crippen molar-refractivity contribution in [3.63, 3.8) is 0 Å². The molecule has 25 heavy (non-hydrogen) atoms. The Morgan fingerprint density at radius 2 is 1.56 bits per heavy atom. The van der Waals surface area contributed by atoms with Crippen molar-refractivity contribution in [3.8, 4) is 17.2 Å². The number of nitrogens with one attached hydrogen (secondary N) is 1. The van der Waals surface area contributed by atoms with Gasteiger partial charge in [-0.3, -0.25) is 0 Å². The number of ether oxygens (including phenoxy) is 3. The third kappa shape index (κ3) is 3.88. The van der Waals surface area contributed by atoms with Gasteiger partial charge in [0.25, 0.3) is 0 Å². The number of pyridine rings is 1. The first-order chi connectivity index (χ1) is 11.8. The predicted octanol–water partition coefficient (Wildman–Crippen LogP) is 4.29. The van der Waals surface area contributed by atoms with Crippen LogP contribution in [0.5, 0.6) is 17.2 Å². The van der Waals surface area contributed by atoms with E-state index in [-0.39, 0.29) is 12.4 Å². The van der Waals surface area contributed by atoms with Gasteiger partial charge >= 0.3 is 0 Å². The minimum atomic E-state index is 0. The molecule has 0 saturated heterocycles. The second kappa shape index (κ2) is 8.44. The number of benzene rings is 2. The molecular weight excluding hydrogens is 340 g/mol. The summed E-state index contributed by atoms with van der Waals surface area (Å²) < 4.78 is 16.2. The molecule has 1 N–H and O–H groups in total. The molecule has 6 heteroatoms. The van der Waals surface area contributed by atoms with Crippen LogP contribution in [0.3, 0.4) is 0 Å². The van der Waals surface area contributed by atoms with Crippen molar-refractivity contribution in [2.45, 2.75) is 6.54 Å². The van der Waals surface area contributed by atoms with E-state index < -0.39 is 0 Å². The van der Waals surface area contributed by atoms with Gasteiger partial charge in [-0.05, 0) is 29.7 Å². The van der Waals surface area contributed by atoms with E-state index in [9.17, 15) is 0 Å². The molecule has 0 bridgehead atoms. The lowest BCUT2D eigenvalue weighted by atomic mass is 10.1. The molecule has 0 unspecified atom stereocenters. The summed E-state index contributed by atoms with van der Waals surface area (Å²) in [6, 6.07) is 13.8. The Labute approximate surface area is 153 Å². The highest BCUT2D eigenvalue weighted by atomic mass is 35.5. The van der Waals surface area contributed by atoms with Crippen molar-refractivity contribution in [1.82, 2.24) is 4.98 Å². The molecule has 0 fully saturated rings. The molecular formula is C19H21ClN2O3. The van der Waals surface area contributed by atoms with E-state index in [1.54, 1.807) is 27.5 Å². The molecule has 1 aromatic heterocycles. The molecule has 5 nitrogen and oxygen atoms in total. The summed E-state index contributed by atoms with van der Waals surface area (Å²) in [4.78, 5) is 4.46. The molecule has 0 aliphatic carbocycles. The maximum absolute atomic E-state index is 5.40. The maximum atomic E-state index is 5.40. The van der Waals surface area contributed by atoms with E-state index in [1.165, 1.54) is 0 Å². The molecule has 132 valence electrons. The number of anilines is 1. The van der Waals surface area contributed by atoms with Gasteiger partial charge in [0, 0.05) is 23.7 Å². The highest BCUT2D eigenvalue weighted by Gasteiger charge is 2.10. The van der Waals surface area contributed by atoms with Crippen LogP contribution in [0.1, 0.15) is 5.56 Å². The lowest BCUT2D eigenvalue weighted by Gasteiger charge is -2.13. The number of halogens is 1. The summed E-state index contributed by atoms with van der Waals surface area (Å²) >= 11 is 0. The summed E-state index contributed by atoms with van der Waals surface area (Å²) in [6.45, 7) is 0.616. The van der Waals surface area contributed by atoms with Crippen molar-refractivity contribution in [1.29, 1.82) is 0 Å². The van der Waals surface area contributed by atoms with Crippen molar-refractivity contribution in [2.24, 2.45) is 0 Å². The largest absolute Gasteiger partial charge is 0.496 e. The second-order valence-corrected chi connectivity index (χ2v) is 5.25. The van der Waals surface area contributed by atoms with Gasteiger partial charge in [0.05, 0.1) is 21.3 Å². The molecule has 0 atom stereocenters. The van der Waals surface area contributed by atoms with Gasteiger partial charge in [-0.1, -0.05) is 18.2 Å². The SMILES string of the molecule is COc1ccccc1CNc1nccc2cc(OC)c(OC)cc12.Cl. The minimum Gasteiger partial charge on any atom is -0.496 e. The van der Waals surface area contributed by atoms with Crippen LogP contribution >= 0.6 is 12.4 Å². The molecule has 0 amide bonds. The first-order valence-corrected chi connectivity index (χ1v) is 7.63. The van der Waals surface area contributed by atoms with E-state index in [2.05, 4.69) is 10.3 Å². The second-order valence-electron chi connectivity index (χ2n) is 5.25. The number of nitrogens with zero attached hydrogens (tertiary/aromatic N) is 1. The Hall–Kier alpha value is -2.66. The molecule has 3 aromatic rings. The molecule has 0 aliphatic rings. The minimum absolute atomic E-state index is 0. The number of aromatic nitrogens is 1. The van der Waals surface area contributed by atoms with Crippen LogP contribution in [0.2, 0.25) is 0 Å². The van der Waals surface area contributed by atoms with E-state index in [4.69, 9.17) is 14.2 Å². The molecule has 0 saturated carbocycles. The number of hydrogen-bond acceptors (Lipinski definition) is 5. The van der Waals surface area contributed by atoms with Gasteiger partial charge in [0.1, 0.15) is 11.6 Å². The van der Waals surface area contributed by atoms with E-state index in [0.717, 1.165) is 27.9 Å². The van der Waals surface area contributed by atoms with Crippen LogP contribution in [-0.2, 0) is 6.54 Å². The standard InChI is InChI=1S/C19H20N2O3.ClH/c1-22-16-7-5-4-6-14(16)12-21-19-15-11-18(24-3)17(23-2)10-13(15)8-9-20-19;/h4-11H,12H2,1-3H3,(H,20,21);1H. The summed E-state index contributed by atoms with van der Waals surface area (Å²) in [7, 11) is 4.93. The Morgan fingerprint density at radius 3 is 2.28 bits per heavy atom. The Morgan fingerprint density at radius 1 is 0.880 bits per heavy atom. The first-order valence-electron chi connectivity index (χ1n) is 7.63. The third-order valence-electron chi connectivity index (χ3n) is 3.91. The molecule has 2 aromatic carbocycles. The summed E-state index contributed by atoms with van der Waals surface area (Å²) in [5.41, 5.74) is 1.07. The van der Waals surface area contributed by atoms with Crippen LogP contribution < -0.4 is 19.5 Å². The van der Waals surface area contributed by atoms with Gasteiger partial charge in [-0.2, -0.15) is 0 Å². The van der Waals surface area contributed by atoms with Crippen LogP contribution in [0, 0.1) is 0 Å². The van der Waals surface area contributed by atoms with E-state index in [0.29, 0.717) is 18.0 Å². The normalized spacial score (nSPS) is 10.0. The van der Waals surface area contributed by atoms with Gasteiger partial charge in [-0.25, -0.2) is 4.98 Å². The van der Waals surface area contributed by atoms with Crippen LogP contribution in [0.25, 0.3) is 10.8 Å². The van der Waals surface area contributed by atoms with Crippen molar-refractivity contribution < 1.29 is 14.2 Å². The van der Waals surface area contributed by atoms with Crippen LogP contribution in [0.15, 0.2) is 48.7 Å². The van der Waals surface area contributed by atoms with Crippen molar-refractivity contribution in [3.05, 3.63) is 54.2 Å². The Bertz CT molecular complexity index is 855. The lowest BCUT2D eigenvalue weighted by Crippen LogP contribution is -2.04.